The molecule has 0 rings (SSSR count). The van der Waals surface area contributed by atoms with E-state index in [1.54, 1.807) is 49.0 Å². The third-order valence-electron chi connectivity index (χ3n) is 4.28. The summed E-state index contributed by atoms with van der Waals surface area (Å²) in [6.07, 6.45) is 0. The van der Waals surface area contributed by atoms with E-state index < -0.39 is 51.4 Å². The Morgan fingerprint density at radius 3 is 0.774 bits per heavy atom. The van der Waals surface area contributed by atoms with E-state index in [0.29, 0.717) is 0 Å². The van der Waals surface area contributed by atoms with Crippen LogP contribution in [0.15, 0.2) is 73.7 Å². The molecular weight excluding hydrogens is 497 g/mol. The third-order valence-corrected chi connectivity index (χ3v) is 25.0. The van der Waals surface area contributed by atoms with Crippen LogP contribution in [0, 0.1) is 0 Å². The average Bonchev–Trinajstić information content (AvgIpc) is 2.66. The molecule has 6 atom stereocenters. The van der Waals surface area contributed by atoms with Gasteiger partial charge in [-0.25, -0.2) is 0 Å². The molecule has 0 fully saturated rings. The summed E-state index contributed by atoms with van der Waals surface area (Å²) in [5, 5.41) is 0. The van der Waals surface area contributed by atoms with Crippen molar-refractivity contribution >= 4 is 51.4 Å². The minimum absolute atomic E-state index is 1.42. The first-order valence-electron chi connectivity index (χ1n) is 9.67. The molecule has 2 N–H and O–H groups in total. The van der Waals surface area contributed by atoms with E-state index in [1.807, 2.05) is 13.1 Å². The topological polar surface area (TPSA) is 86.6 Å². The molecule has 13 heteroatoms. The molecule has 0 amide bonds. The van der Waals surface area contributed by atoms with Crippen molar-refractivity contribution in [3.63, 3.8) is 0 Å². The van der Waals surface area contributed by atoms with Crippen molar-refractivity contribution in [2.75, 3.05) is 0 Å². The molecule has 0 spiro atoms. The molecule has 7 nitrogen and oxygen atoms in total. The largest absolute Gasteiger partial charge is 0.410 e. The van der Waals surface area contributed by atoms with Crippen LogP contribution in [0.25, 0.3) is 0 Å². The highest BCUT2D eigenvalue weighted by molar-refractivity contribution is 6.96. The molecule has 0 aliphatic rings. The van der Waals surface area contributed by atoms with Gasteiger partial charge in [0.15, 0.2) is 0 Å². The van der Waals surface area contributed by atoms with Gasteiger partial charge >= 0.3 is 51.4 Å². The molecule has 0 saturated carbocycles. The molecule has 0 aliphatic carbocycles. The number of hydrogen-bond donors (Lipinski definition) is 2. The zero-order valence-electron chi connectivity index (χ0n) is 19.6. The predicted octanol–water partition coefficient (Wildman–Crippen LogP) is 3.84. The van der Waals surface area contributed by atoms with E-state index in [0.717, 1.165) is 0 Å². The Bertz CT molecular complexity index is 660. The van der Waals surface area contributed by atoms with Crippen molar-refractivity contribution < 1.29 is 30.2 Å². The summed E-state index contributed by atoms with van der Waals surface area (Å²) in [5.41, 5.74) is 9.24. The van der Waals surface area contributed by atoms with E-state index in [1.165, 1.54) is 11.4 Å². The molecule has 0 heterocycles. The van der Waals surface area contributed by atoms with Crippen molar-refractivity contribution in [1.29, 1.82) is 0 Å². The highest BCUT2D eigenvalue weighted by atomic mass is 28.5. The maximum Gasteiger partial charge on any atom is 0.349 e. The van der Waals surface area contributed by atoms with Crippen molar-refractivity contribution in [1.82, 2.24) is 0 Å². The minimum atomic E-state index is -3.13. The first kappa shape index (κ1) is 30.5. The van der Waals surface area contributed by atoms with Gasteiger partial charge in [0.2, 0.25) is 0 Å². The van der Waals surface area contributed by atoms with Crippen LogP contribution in [0.2, 0.25) is 39.3 Å². The lowest BCUT2D eigenvalue weighted by Gasteiger charge is -2.42. The lowest BCUT2D eigenvalue weighted by atomic mass is 11.3. The summed E-state index contributed by atoms with van der Waals surface area (Å²) in [6, 6.07) is 0. The Hall–Kier alpha value is -0.539. The van der Waals surface area contributed by atoms with Crippen LogP contribution < -0.4 is 0 Å². The van der Waals surface area contributed by atoms with Crippen LogP contribution >= 0.6 is 0 Å². The summed E-state index contributed by atoms with van der Waals surface area (Å²) >= 11 is 0. The van der Waals surface area contributed by atoms with Gasteiger partial charge in [0, 0.05) is 0 Å². The summed E-state index contributed by atoms with van der Waals surface area (Å²) in [4.78, 5) is 20.9. The molecule has 0 aromatic rings. The van der Waals surface area contributed by atoms with Gasteiger partial charge < -0.3 is 30.2 Å². The van der Waals surface area contributed by atoms with E-state index >= 15 is 0 Å². The third kappa shape index (κ3) is 9.86. The lowest BCUT2D eigenvalue weighted by molar-refractivity contribution is 0.275. The molecule has 0 saturated heterocycles. The van der Waals surface area contributed by atoms with Crippen LogP contribution in [0.1, 0.15) is 0 Å². The van der Waals surface area contributed by atoms with E-state index in [-0.39, 0.29) is 0 Å². The second kappa shape index (κ2) is 11.1. The minimum Gasteiger partial charge on any atom is -0.410 e. The SMILES string of the molecule is C=C[Si](C)(O)O[Si](C)(C=C)O[Si](C)(C=C)O[Si](C)(C=C)O[Si](C)(C=C)O[Si](C)(O)C=C. The monoisotopic (exact) mass is 534 g/mol. The number of hydrogen-bond acceptors (Lipinski definition) is 7. The first-order chi connectivity index (χ1) is 13.9. The maximum absolute atomic E-state index is 10.4. The Balaban J connectivity index is 5.89. The second-order valence-corrected chi connectivity index (χ2v) is 26.8. The van der Waals surface area contributed by atoms with Gasteiger partial charge in [-0.2, -0.15) is 0 Å². The highest BCUT2D eigenvalue weighted by Crippen LogP contribution is 2.28. The van der Waals surface area contributed by atoms with E-state index in [4.69, 9.17) is 20.6 Å². The molecule has 0 bridgehead atoms. The van der Waals surface area contributed by atoms with E-state index in [9.17, 15) is 9.59 Å². The quantitative estimate of drug-likeness (QED) is 0.291. The zero-order chi connectivity index (χ0) is 24.8. The smallest absolute Gasteiger partial charge is 0.349 e. The van der Waals surface area contributed by atoms with Crippen LogP contribution in [0.5, 0.6) is 0 Å². The fourth-order valence-corrected chi connectivity index (χ4v) is 24.2. The van der Waals surface area contributed by atoms with Gasteiger partial charge in [0.05, 0.1) is 0 Å². The molecule has 0 radical (unpaired) electrons. The van der Waals surface area contributed by atoms with Crippen LogP contribution in [0.3, 0.4) is 0 Å². The molecule has 6 unspecified atom stereocenters. The first-order valence-corrected chi connectivity index (χ1v) is 24.1. The molecular formula is C18H38O7Si6. The van der Waals surface area contributed by atoms with Crippen LogP contribution in [-0.2, 0) is 20.6 Å². The van der Waals surface area contributed by atoms with Gasteiger partial charge in [-0.05, 0) is 39.3 Å². The Morgan fingerprint density at radius 2 is 0.613 bits per heavy atom. The van der Waals surface area contributed by atoms with Gasteiger partial charge in [-0.1, -0.05) is 34.2 Å². The fraction of sp³-hybridized carbons (Fsp3) is 0.333. The molecule has 0 aliphatic heterocycles. The highest BCUT2D eigenvalue weighted by Gasteiger charge is 2.50. The molecule has 0 aromatic heterocycles. The summed E-state index contributed by atoms with van der Waals surface area (Å²) in [7, 11) is -18.5. The molecule has 176 valence electrons. The number of rotatable bonds is 16. The second-order valence-electron chi connectivity index (χ2n) is 7.91. The standard InChI is InChI=1S/C18H38O7Si6/c1-13-26(7,19)21-28(9,15-3)23-30(11,17-5)25-31(12,18-6)24-29(10,16-4)22-27(8,20)14-2/h13-20H,1-6H2,7-12H3. The van der Waals surface area contributed by atoms with Gasteiger partial charge in [0.1, 0.15) is 0 Å². The fourth-order valence-electron chi connectivity index (χ4n) is 2.53. The molecule has 0 aromatic carbocycles. The Morgan fingerprint density at radius 1 is 0.419 bits per heavy atom. The lowest BCUT2D eigenvalue weighted by Crippen LogP contribution is -2.61. The van der Waals surface area contributed by atoms with Gasteiger partial charge in [0.25, 0.3) is 0 Å². The van der Waals surface area contributed by atoms with Crippen molar-refractivity contribution in [3.05, 3.63) is 73.7 Å². The normalized spacial score (nSPS) is 23.2. The Kier molecular flexibility index (Phi) is 10.9. The van der Waals surface area contributed by atoms with Gasteiger partial charge in [-0.15, -0.1) is 39.5 Å². The van der Waals surface area contributed by atoms with Crippen molar-refractivity contribution in [2.24, 2.45) is 0 Å². The molecule has 31 heavy (non-hydrogen) atoms. The van der Waals surface area contributed by atoms with Crippen molar-refractivity contribution in [3.8, 4) is 0 Å². The Labute approximate surface area is 194 Å². The summed E-state index contributed by atoms with van der Waals surface area (Å²) in [5.74, 6) is 0. The van der Waals surface area contributed by atoms with E-state index in [2.05, 4.69) is 39.5 Å². The summed E-state index contributed by atoms with van der Waals surface area (Å²) < 4.78 is 31.0. The van der Waals surface area contributed by atoms with Crippen molar-refractivity contribution in [2.45, 2.75) is 39.3 Å². The zero-order valence-corrected chi connectivity index (χ0v) is 25.6. The summed E-state index contributed by atoms with van der Waals surface area (Å²) in [6.45, 7) is 33.1. The van der Waals surface area contributed by atoms with Crippen LogP contribution in [0.4, 0.5) is 0 Å². The average molecular weight is 535 g/mol. The predicted molar refractivity (Wildman–Crippen MR) is 141 cm³/mol. The maximum atomic E-state index is 10.4. The van der Waals surface area contributed by atoms with Gasteiger partial charge in [-0.3, -0.25) is 0 Å². The van der Waals surface area contributed by atoms with Crippen LogP contribution in [-0.4, -0.2) is 61.0 Å².